The van der Waals surface area contributed by atoms with E-state index in [4.69, 9.17) is 24.7 Å². The van der Waals surface area contributed by atoms with Gasteiger partial charge in [-0.2, -0.15) is 0 Å². The van der Waals surface area contributed by atoms with Gasteiger partial charge in [0.05, 0.1) is 38.6 Å². The third-order valence-corrected chi connectivity index (χ3v) is 5.97. The lowest BCUT2D eigenvalue weighted by Gasteiger charge is -2.35. The van der Waals surface area contributed by atoms with Gasteiger partial charge in [-0.3, -0.25) is 14.4 Å². The Hall–Kier alpha value is -1.23. The number of alkyl halides is 1. The Morgan fingerprint density at radius 2 is 1.36 bits per heavy atom. The number of halogens is 1. The highest BCUT2D eigenvalue weighted by atomic mass is 79.9. The maximum atomic E-state index is 13.1. The topological polar surface area (TPSA) is 114 Å². The maximum absolute atomic E-state index is 13.1. The van der Waals surface area contributed by atoms with Crippen LogP contribution in [0.15, 0.2) is 0 Å². The van der Waals surface area contributed by atoms with Gasteiger partial charge in [-0.25, -0.2) is 0 Å². The smallest absolute Gasteiger partial charge is 0.322 e. The second kappa shape index (κ2) is 13.6. The number of esters is 3. The summed E-state index contributed by atoms with van der Waals surface area (Å²) in [6.45, 7) is 8.59. The lowest BCUT2D eigenvalue weighted by Crippen LogP contribution is -2.44. The molecule has 0 aliphatic heterocycles. The van der Waals surface area contributed by atoms with E-state index in [0.717, 1.165) is 0 Å². The van der Waals surface area contributed by atoms with Gasteiger partial charge < -0.3 is 29.2 Å². The number of quaternary nitrogens is 1. The van der Waals surface area contributed by atoms with Crippen molar-refractivity contribution in [3.05, 3.63) is 0 Å². The Kier molecular flexibility index (Phi) is 13.1. The van der Waals surface area contributed by atoms with E-state index in [1.807, 2.05) is 21.1 Å². The van der Waals surface area contributed by atoms with Gasteiger partial charge in [-0.1, -0.05) is 15.9 Å². The van der Waals surface area contributed by atoms with Crippen molar-refractivity contribution < 1.29 is 37.8 Å². The molecule has 2 unspecified atom stereocenters. The SMILES string of the molecule is COCCOC(=O)C(C)(CCC(C)(C)C(=O)OCCN)CC(C)(Br)C(=O)OCC[N+](C)(C)C. The molecular formula is C23H44BrN2O7+. The molecule has 0 heterocycles. The normalized spacial score (nSPS) is 15.8. The molecule has 0 fully saturated rings. The monoisotopic (exact) mass is 539 g/mol. The maximum Gasteiger partial charge on any atom is 0.322 e. The molecule has 194 valence electrons. The Balaban J connectivity index is 5.47. The zero-order chi connectivity index (χ0) is 25.9. The summed E-state index contributed by atoms with van der Waals surface area (Å²) in [5.74, 6) is -1.30. The predicted octanol–water partition coefficient (Wildman–Crippen LogP) is 2.28. The summed E-state index contributed by atoms with van der Waals surface area (Å²) >= 11 is 3.48. The highest BCUT2D eigenvalue weighted by molar-refractivity contribution is 9.10. The van der Waals surface area contributed by atoms with Gasteiger partial charge in [-0.05, 0) is 47.0 Å². The van der Waals surface area contributed by atoms with Crippen LogP contribution >= 0.6 is 15.9 Å². The molecule has 0 aromatic heterocycles. The minimum Gasteiger partial charge on any atom is -0.464 e. The number of nitrogens with two attached hydrogens (primary N) is 1. The van der Waals surface area contributed by atoms with E-state index < -0.39 is 27.1 Å². The summed E-state index contributed by atoms with van der Waals surface area (Å²) in [5, 5.41) is 0. The lowest BCUT2D eigenvalue weighted by molar-refractivity contribution is -0.870. The number of hydrogen-bond donors (Lipinski definition) is 1. The molecule has 0 saturated carbocycles. The van der Waals surface area contributed by atoms with Crippen molar-refractivity contribution in [1.82, 2.24) is 0 Å². The molecule has 33 heavy (non-hydrogen) atoms. The van der Waals surface area contributed by atoms with Gasteiger partial charge >= 0.3 is 17.9 Å². The minimum atomic E-state index is -1.11. The summed E-state index contributed by atoms with van der Waals surface area (Å²) in [7, 11) is 7.54. The fraction of sp³-hybridized carbons (Fsp3) is 0.870. The van der Waals surface area contributed by atoms with Crippen LogP contribution in [0.5, 0.6) is 0 Å². The average molecular weight is 541 g/mol. The van der Waals surface area contributed by atoms with Gasteiger partial charge in [0.1, 0.15) is 30.7 Å². The molecule has 0 saturated heterocycles. The quantitative estimate of drug-likeness (QED) is 0.104. The molecule has 0 rings (SSSR count). The first-order chi connectivity index (χ1) is 15.0. The Morgan fingerprint density at radius 3 is 1.88 bits per heavy atom. The number of carbonyl (C=O) groups is 3. The highest BCUT2D eigenvalue weighted by Gasteiger charge is 2.46. The Bertz CT molecular complexity index is 647. The summed E-state index contributed by atoms with van der Waals surface area (Å²) in [4.78, 5) is 38.3. The largest absolute Gasteiger partial charge is 0.464 e. The molecule has 0 amide bonds. The molecular weight excluding hydrogens is 496 g/mol. The molecule has 2 N–H and O–H groups in total. The molecule has 0 aliphatic rings. The Morgan fingerprint density at radius 1 is 0.818 bits per heavy atom. The molecule has 0 aromatic carbocycles. The summed E-state index contributed by atoms with van der Waals surface area (Å²) < 4.78 is 20.6. The van der Waals surface area contributed by atoms with Crippen molar-refractivity contribution >= 4 is 33.8 Å². The van der Waals surface area contributed by atoms with E-state index >= 15 is 0 Å². The van der Waals surface area contributed by atoms with E-state index in [0.29, 0.717) is 23.9 Å². The van der Waals surface area contributed by atoms with E-state index in [9.17, 15) is 14.4 Å². The second-order valence-corrected chi connectivity index (χ2v) is 12.3. The van der Waals surface area contributed by atoms with Crippen LogP contribution in [0.2, 0.25) is 0 Å². The van der Waals surface area contributed by atoms with Gasteiger partial charge in [0, 0.05) is 13.7 Å². The van der Waals surface area contributed by atoms with Crippen LogP contribution in [0.1, 0.15) is 47.0 Å². The number of ether oxygens (including phenoxy) is 4. The van der Waals surface area contributed by atoms with Crippen LogP contribution in [0.4, 0.5) is 0 Å². The third-order valence-electron chi connectivity index (χ3n) is 5.36. The van der Waals surface area contributed by atoms with E-state index in [1.165, 1.54) is 7.11 Å². The van der Waals surface area contributed by atoms with Gasteiger partial charge in [0.15, 0.2) is 0 Å². The zero-order valence-electron chi connectivity index (χ0n) is 21.6. The Labute approximate surface area is 207 Å². The van der Waals surface area contributed by atoms with Crippen molar-refractivity contribution in [3.8, 4) is 0 Å². The van der Waals surface area contributed by atoms with Crippen LogP contribution in [0.3, 0.4) is 0 Å². The molecule has 2 atom stereocenters. The van der Waals surface area contributed by atoms with Crippen molar-refractivity contribution in [2.75, 3.05) is 67.8 Å². The standard InChI is InChI=1S/C23H44BrN2O7/c1-21(2,18(27)31-13-11-25)9-10-22(3,19(28)33-16-15-30-8)17-23(4,24)20(29)32-14-12-26(5,6)7/h9-17,25H2,1-8H3/q+1. The number of likely N-dealkylation sites (N-methyl/N-ethyl adjacent to an activating group) is 1. The first-order valence-corrected chi connectivity index (χ1v) is 12.0. The highest BCUT2D eigenvalue weighted by Crippen LogP contribution is 2.42. The minimum absolute atomic E-state index is 0.0970. The summed E-state index contributed by atoms with van der Waals surface area (Å²) in [6.07, 6.45) is 0.783. The lowest BCUT2D eigenvalue weighted by atomic mass is 9.73. The van der Waals surface area contributed by atoms with Crippen molar-refractivity contribution in [2.45, 2.75) is 51.3 Å². The summed E-state index contributed by atoms with van der Waals surface area (Å²) in [5.41, 5.74) is 3.52. The third kappa shape index (κ3) is 12.2. The number of methoxy groups -OCH3 is 1. The number of rotatable bonds is 16. The number of carbonyl (C=O) groups excluding carboxylic acids is 3. The van der Waals surface area contributed by atoms with Gasteiger partial charge in [-0.15, -0.1) is 0 Å². The van der Waals surface area contributed by atoms with Gasteiger partial charge in [0.25, 0.3) is 0 Å². The molecule has 0 spiro atoms. The molecule has 0 bridgehead atoms. The van der Waals surface area contributed by atoms with Crippen LogP contribution in [0.25, 0.3) is 0 Å². The van der Waals surface area contributed by atoms with Crippen LogP contribution in [-0.4, -0.2) is 94.5 Å². The van der Waals surface area contributed by atoms with E-state index in [2.05, 4.69) is 15.9 Å². The average Bonchev–Trinajstić information content (AvgIpc) is 2.69. The van der Waals surface area contributed by atoms with Crippen molar-refractivity contribution in [3.63, 3.8) is 0 Å². The molecule has 0 aliphatic carbocycles. The predicted molar refractivity (Wildman–Crippen MR) is 130 cm³/mol. The summed E-state index contributed by atoms with van der Waals surface area (Å²) in [6, 6.07) is 0. The number of nitrogens with zero attached hydrogens (tertiary/aromatic N) is 1. The van der Waals surface area contributed by atoms with Crippen LogP contribution < -0.4 is 5.73 Å². The molecule has 0 radical (unpaired) electrons. The van der Waals surface area contributed by atoms with Crippen LogP contribution in [0, 0.1) is 10.8 Å². The van der Waals surface area contributed by atoms with Crippen molar-refractivity contribution in [2.24, 2.45) is 16.6 Å². The fourth-order valence-corrected chi connectivity index (χ4v) is 3.79. The molecule has 0 aromatic rings. The fourth-order valence-electron chi connectivity index (χ4n) is 3.06. The second-order valence-electron chi connectivity index (χ2n) is 10.5. The molecule has 9 nitrogen and oxygen atoms in total. The van der Waals surface area contributed by atoms with Gasteiger partial charge in [0.2, 0.25) is 0 Å². The zero-order valence-corrected chi connectivity index (χ0v) is 23.2. The number of hydrogen-bond acceptors (Lipinski definition) is 8. The van der Waals surface area contributed by atoms with E-state index in [-0.39, 0.29) is 45.4 Å². The first-order valence-electron chi connectivity index (χ1n) is 11.2. The first kappa shape index (κ1) is 31.8. The van der Waals surface area contributed by atoms with Crippen LogP contribution in [-0.2, 0) is 33.3 Å². The van der Waals surface area contributed by atoms with Crippen molar-refractivity contribution in [1.29, 1.82) is 0 Å². The van der Waals surface area contributed by atoms with E-state index in [1.54, 1.807) is 27.7 Å². The molecule has 10 heteroatoms.